The minimum atomic E-state index is -4.57. The van der Waals surface area contributed by atoms with Crippen LogP contribution in [-0.2, 0) is 6.18 Å². The molecular formula is C22H13F4N5. The number of halogens is 4. The number of fused-ring (bicyclic) bond motifs is 2. The molecule has 5 aromatic rings. The number of benzene rings is 3. The van der Waals surface area contributed by atoms with Gasteiger partial charge in [0, 0.05) is 10.9 Å². The van der Waals surface area contributed by atoms with Crippen LogP contribution in [0.2, 0.25) is 0 Å². The standard InChI is InChI=1S/C22H13F4N5/c23-15-9-5-11-17-18(15)21(31-30-17)29-20-13-7-2-4-10-16(13)27-19(28-20)12-6-1-3-8-14(12)22(24,25)26/h1-11H,(H2,27,28,29,30,31). The van der Waals surface area contributed by atoms with E-state index in [0.29, 0.717) is 16.4 Å². The van der Waals surface area contributed by atoms with Gasteiger partial charge in [0.25, 0.3) is 0 Å². The van der Waals surface area contributed by atoms with Crippen molar-refractivity contribution in [2.24, 2.45) is 0 Å². The van der Waals surface area contributed by atoms with Gasteiger partial charge in [0.1, 0.15) is 11.6 Å². The second kappa shape index (κ2) is 7.05. The number of aromatic nitrogens is 4. The van der Waals surface area contributed by atoms with Crippen LogP contribution < -0.4 is 5.32 Å². The number of rotatable bonds is 3. The van der Waals surface area contributed by atoms with E-state index >= 15 is 0 Å². The molecule has 154 valence electrons. The molecule has 0 aliphatic heterocycles. The summed E-state index contributed by atoms with van der Waals surface area (Å²) in [5.41, 5.74) is -0.0786. The fourth-order valence-electron chi connectivity index (χ4n) is 3.45. The van der Waals surface area contributed by atoms with E-state index in [1.54, 1.807) is 36.4 Å². The zero-order valence-corrected chi connectivity index (χ0v) is 15.7. The third kappa shape index (κ3) is 3.33. The summed E-state index contributed by atoms with van der Waals surface area (Å²) in [7, 11) is 0. The maximum Gasteiger partial charge on any atom is 0.417 e. The maximum absolute atomic E-state index is 14.4. The first kappa shape index (κ1) is 19.0. The average Bonchev–Trinajstić information content (AvgIpc) is 3.17. The van der Waals surface area contributed by atoms with Crippen LogP contribution in [0.25, 0.3) is 33.2 Å². The fourth-order valence-corrected chi connectivity index (χ4v) is 3.45. The number of H-pyrrole nitrogens is 1. The van der Waals surface area contributed by atoms with E-state index in [9.17, 15) is 17.6 Å². The predicted octanol–water partition coefficient (Wildman–Crippen LogP) is 6.07. The lowest BCUT2D eigenvalue weighted by Gasteiger charge is -2.14. The van der Waals surface area contributed by atoms with Crippen molar-refractivity contribution >= 4 is 33.4 Å². The number of alkyl halides is 3. The molecule has 0 aliphatic carbocycles. The van der Waals surface area contributed by atoms with Gasteiger partial charge in [0.15, 0.2) is 11.6 Å². The third-order valence-electron chi connectivity index (χ3n) is 4.85. The fraction of sp³-hybridized carbons (Fsp3) is 0.0455. The van der Waals surface area contributed by atoms with E-state index in [0.717, 1.165) is 6.07 Å². The first-order valence-corrected chi connectivity index (χ1v) is 9.25. The summed E-state index contributed by atoms with van der Waals surface area (Å²) >= 11 is 0. The van der Waals surface area contributed by atoms with Crippen LogP contribution in [0.4, 0.5) is 29.2 Å². The lowest BCUT2D eigenvalue weighted by molar-refractivity contribution is -0.137. The highest BCUT2D eigenvalue weighted by atomic mass is 19.4. The van der Waals surface area contributed by atoms with Crippen LogP contribution >= 0.6 is 0 Å². The van der Waals surface area contributed by atoms with Crippen LogP contribution in [0.5, 0.6) is 0 Å². The largest absolute Gasteiger partial charge is 0.417 e. The lowest BCUT2D eigenvalue weighted by atomic mass is 10.1. The molecule has 0 unspecified atom stereocenters. The Hall–Kier alpha value is -4.01. The molecule has 2 heterocycles. The van der Waals surface area contributed by atoms with E-state index < -0.39 is 17.6 Å². The van der Waals surface area contributed by atoms with Gasteiger partial charge >= 0.3 is 6.18 Å². The molecule has 3 aromatic carbocycles. The molecule has 0 aliphatic rings. The van der Waals surface area contributed by atoms with E-state index in [4.69, 9.17) is 0 Å². The van der Waals surface area contributed by atoms with Crippen molar-refractivity contribution in [3.05, 3.63) is 78.1 Å². The van der Waals surface area contributed by atoms with Crippen LogP contribution in [0, 0.1) is 5.82 Å². The molecule has 5 rings (SSSR count). The minimum Gasteiger partial charge on any atom is -0.322 e. The second-order valence-electron chi connectivity index (χ2n) is 6.82. The molecule has 0 bridgehead atoms. The van der Waals surface area contributed by atoms with Gasteiger partial charge in [-0.1, -0.05) is 36.4 Å². The highest BCUT2D eigenvalue weighted by molar-refractivity contribution is 5.97. The van der Waals surface area contributed by atoms with Gasteiger partial charge < -0.3 is 5.32 Å². The van der Waals surface area contributed by atoms with Crippen molar-refractivity contribution in [3.8, 4) is 11.4 Å². The highest BCUT2D eigenvalue weighted by Crippen LogP contribution is 2.37. The van der Waals surface area contributed by atoms with Gasteiger partial charge in [-0.3, -0.25) is 5.10 Å². The summed E-state index contributed by atoms with van der Waals surface area (Å²) in [6, 6.07) is 16.5. The zero-order chi connectivity index (χ0) is 21.6. The Morgan fingerprint density at radius 3 is 2.42 bits per heavy atom. The van der Waals surface area contributed by atoms with E-state index in [2.05, 4.69) is 25.5 Å². The second-order valence-corrected chi connectivity index (χ2v) is 6.82. The number of nitrogens with zero attached hydrogens (tertiary/aromatic N) is 3. The van der Waals surface area contributed by atoms with Crippen molar-refractivity contribution in [3.63, 3.8) is 0 Å². The smallest absolute Gasteiger partial charge is 0.322 e. The molecule has 0 spiro atoms. The summed E-state index contributed by atoms with van der Waals surface area (Å²) in [6.45, 7) is 0. The molecule has 31 heavy (non-hydrogen) atoms. The highest BCUT2D eigenvalue weighted by Gasteiger charge is 2.34. The van der Waals surface area contributed by atoms with Crippen molar-refractivity contribution < 1.29 is 17.6 Å². The molecule has 0 atom stereocenters. The summed E-state index contributed by atoms with van der Waals surface area (Å²) in [5.74, 6) is -0.203. The quantitative estimate of drug-likeness (QED) is 0.346. The third-order valence-corrected chi connectivity index (χ3v) is 4.85. The summed E-state index contributed by atoms with van der Waals surface area (Å²) < 4.78 is 55.0. The summed E-state index contributed by atoms with van der Waals surface area (Å²) in [4.78, 5) is 8.69. The molecule has 2 N–H and O–H groups in total. The van der Waals surface area contributed by atoms with Crippen molar-refractivity contribution in [2.45, 2.75) is 6.18 Å². The number of para-hydroxylation sites is 1. The summed E-state index contributed by atoms with van der Waals surface area (Å²) in [6.07, 6.45) is -4.57. The van der Waals surface area contributed by atoms with Crippen molar-refractivity contribution in [1.29, 1.82) is 0 Å². The molecule has 0 amide bonds. The Kier molecular flexibility index (Phi) is 4.32. The van der Waals surface area contributed by atoms with Gasteiger partial charge in [0.2, 0.25) is 0 Å². The number of nitrogens with one attached hydrogen (secondary N) is 2. The van der Waals surface area contributed by atoms with Gasteiger partial charge in [-0.25, -0.2) is 14.4 Å². The van der Waals surface area contributed by atoms with Gasteiger partial charge in [-0.05, 0) is 30.3 Å². The first-order chi connectivity index (χ1) is 14.9. The minimum absolute atomic E-state index is 0.102. The number of aromatic amines is 1. The predicted molar refractivity (Wildman–Crippen MR) is 109 cm³/mol. The Morgan fingerprint density at radius 2 is 1.58 bits per heavy atom. The average molecular weight is 423 g/mol. The molecule has 0 saturated carbocycles. The molecule has 0 saturated heterocycles. The van der Waals surface area contributed by atoms with Crippen LogP contribution in [-0.4, -0.2) is 20.2 Å². The van der Waals surface area contributed by atoms with E-state index in [1.807, 2.05) is 0 Å². The van der Waals surface area contributed by atoms with E-state index in [1.165, 1.54) is 24.3 Å². The van der Waals surface area contributed by atoms with E-state index in [-0.39, 0.29) is 28.4 Å². The molecule has 9 heteroatoms. The lowest BCUT2D eigenvalue weighted by Crippen LogP contribution is -2.08. The Balaban J connectivity index is 1.71. The number of hydrogen-bond donors (Lipinski definition) is 2. The topological polar surface area (TPSA) is 66.5 Å². The normalized spacial score (nSPS) is 11.9. The summed E-state index contributed by atoms with van der Waals surface area (Å²) in [5, 5.41) is 10.6. The Bertz CT molecular complexity index is 1420. The van der Waals surface area contributed by atoms with Crippen LogP contribution in [0.1, 0.15) is 5.56 Å². The van der Waals surface area contributed by atoms with Gasteiger partial charge in [-0.2, -0.15) is 18.3 Å². The van der Waals surface area contributed by atoms with Crippen molar-refractivity contribution in [2.75, 3.05) is 5.32 Å². The number of hydrogen-bond acceptors (Lipinski definition) is 4. The monoisotopic (exact) mass is 423 g/mol. The molecular weight excluding hydrogens is 410 g/mol. The maximum atomic E-state index is 14.4. The van der Waals surface area contributed by atoms with Crippen molar-refractivity contribution in [1.82, 2.24) is 20.2 Å². The molecule has 5 nitrogen and oxygen atoms in total. The Labute approximate surface area is 172 Å². The molecule has 2 aromatic heterocycles. The molecule has 0 radical (unpaired) electrons. The molecule has 0 fully saturated rings. The van der Waals surface area contributed by atoms with Crippen LogP contribution in [0.15, 0.2) is 66.7 Å². The Morgan fingerprint density at radius 1 is 0.806 bits per heavy atom. The zero-order valence-electron chi connectivity index (χ0n) is 15.7. The van der Waals surface area contributed by atoms with Gasteiger partial charge in [0.05, 0.1) is 22.0 Å². The first-order valence-electron chi connectivity index (χ1n) is 9.25. The SMILES string of the molecule is Fc1cccc2[nH]nc(Nc3nc(-c4ccccc4C(F)(F)F)nc4ccccc34)c12. The van der Waals surface area contributed by atoms with Crippen LogP contribution in [0.3, 0.4) is 0 Å². The number of anilines is 2. The van der Waals surface area contributed by atoms with Gasteiger partial charge in [-0.15, -0.1) is 0 Å².